The van der Waals surface area contributed by atoms with Crippen LogP contribution in [0.1, 0.15) is 96.5 Å². The van der Waals surface area contributed by atoms with Crippen LogP contribution in [0.5, 0.6) is 5.75 Å². The summed E-state index contributed by atoms with van der Waals surface area (Å²) in [6.45, 7) is -1.45. The molecule has 0 aromatic heterocycles. The van der Waals surface area contributed by atoms with E-state index in [1.165, 1.54) is 158 Å². The first-order valence-corrected chi connectivity index (χ1v) is 35.5. The molecule has 1 unspecified atom stereocenters. The van der Waals surface area contributed by atoms with Crippen LogP contribution in [0.3, 0.4) is 0 Å². The fourth-order valence-electron chi connectivity index (χ4n) is 12.9. The van der Waals surface area contributed by atoms with Gasteiger partial charge >= 0.3 is 53.8 Å². The second kappa shape index (κ2) is 36.3. The van der Waals surface area contributed by atoms with Gasteiger partial charge in [-0.3, -0.25) is 0 Å². The Kier molecular flexibility index (Phi) is 25.1. The molecule has 114 heavy (non-hydrogen) atoms. The Morgan fingerprint density at radius 2 is 0.649 bits per heavy atom. The molecule has 28 heteroatoms. The van der Waals surface area contributed by atoms with E-state index in [0.717, 1.165) is 18.1 Å². The van der Waals surface area contributed by atoms with Crippen molar-refractivity contribution in [2.24, 2.45) is 0 Å². The SMILES string of the molecule is CC(O[C@H]1O[C@H](CO[C@H]2O[C@H](COC(=O)c3ccccc3)[C@@H](OC(=O)c3ccccc3)[C@H](OC(=O)c3ccccc3)[C@@H]2OC(=O)c2ccccc2)[C@@H](OC(=O)c2ccccc2)[C@H](OC(=O)c2ccccc2)[C@@H]1OC(=O)c1ccccc1)[C@H](NC(=O)OCC1c2ccccc2-c2ccccc21)C(=O)Oc1c(F)c(F)c(F)c(F)c1F. The van der Waals surface area contributed by atoms with Crippen LogP contribution in [0.2, 0.25) is 0 Å². The molecule has 1 amide bonds. The minimum Gasteiger partial charge on any atom is -0.459 e. The minimum atomic E-state index is -2.63. The van der Waals surface area contributed by atoms with Crippen LogP contribution in [-0.2, 0) is 61.6 Å². The highest BCUT2D eigenvalue weighted by molar-refractivity contribution is 5.94. The maximum Gasteiger partial charge on any atom is 0.407 e. The van der Waals surface area contributed by atoms with Gasteiger partial charge in [-0.05, 0) is 114 Å². The third-order valence-corrected chi connectivity index (χ3v) is 18.6. The van der Waals surface area contributed by atoms with Gasteiger partial charge in [-0.2, -0.15) is 8.78 Å². The molecular weight excluding hydrogens is 1490 g/mol. The van der Waals surface area contributed by atoms with E-state index >= 15 is 17.6 Å². The van der Waals surface area contributed by atoms with Crippen molar-refractivity contribution >= 4 is 53.8 Å². The molecule has 0 bridgehead atoms. The summed E-state index contributed by atoms with van der Waals surface area (Å²) in [5, 5.41) is 2.21. The third kappa shape index (κ3) is 18.2. The molecule has 2 aliphatic heterocycles. The zero-order chi connectivity index (χ0) is 79.9. The maximum absolute atomic E-state index is 15.7. The first kappa shape index (κ1) is 78.8. The number of ether oxygens (including phenoxy) is 13. The molecule has 10 aromatic carbocycles. The molecule has 10 aromatic rings. The van der Waals surface area contributed by atoms with Crippen molar-refractivity contribution in [3.63, 3.8) is 0 Å². The van der Waals surface area contributed by atoms with Crippen LogP contribution in [0.4, 0.5) is 26.7 Å². The molecule has 23 nitrogen and oxygen atoms in total. The maximum atomic E-state index is 15.7. The standard InChI is InChI=1S/C86H66F5NO22/c1-48(68(83(100)110-71-66(90)64(88)63(87)65(89)67(71)91)92-86(101)104-45-60-58-43-25-23-41-56(58)57-42-24-26-44-59(57)60)105-85-75(114-82(99)55-39-21-8-22-40-55)73(112-80(97)53-35-17-6-18-36-53)70(109-78(95)51-31-13-4-14-32-51)62(107-85)47-103-84-74(113-81(98)54-37-19-7-20-38-54)72(111-79(96)52-33-15-5-16-34-52)69(108-77(94)50-29-11-3-12-30-50)61(106-84)46-102-76(93)49-27-9-2-10-28-49/h2-44,48,60-62,68-70,72-75,84-85H,45-47H2,1H3,(H,92,101)/t48?,61-,62-,68+,69-,70-,72+,73+,74+,75+,84+,85+/m1/s1. The average Bonchev–Trinajstić information content (AvgIpc) is 0.922. The Bertz CT molecular complexity index is 5050. The van der Waals surface area contributed by atoms with E-state index in [4.69, 9.17) is 61.6 Å². The van der Waals surface area contributed by atoms with E-state index in [1.807, 2.05) is 12.1 Å². The average molecular weight is 1560 g/mol. The highest BCUT2D eigenvalue weighted by atomic mass is 19.2. The van der Waals surface area contributed by atoms with Gasteiger partial charge in [0.1, 0.15) is 25.4 Å². The molecule has 582 valence electrons. The van der Waals surface area contributed by atoms with E-state index in [-0.39, 0.29) is 38.9 Å². The number of carbonyl (C=O) groups excluding carboxylic acids is 9. The van der Waals surface area contributed by atoms with Crippen molar-refractivity contribution in [2.45, 2.75) is 86.4 Å². The van der Waals surface area contributed by atoms with Crippen LogP contribution in [-0.4, -0.2) is 147 Å². The number of hydrogen-bond donors (Lipinski definition) is 1. The summed E-state index contributed by atoms with van der Waals surface area (Å²) in [7, 11) is 0. The Morgan fingerprint density at radius 3 is 1.04 bits per heavy atom. The van der Waals surface area contributed by atoms with Gasteiger partial charge in [0.05, 0.1) is 51.7 Å². The van der Waals surface area contributed by atoms with E-state index in [2.05, 4.69) is 5.32 Å². The number of rotatable bonds is 26. The van der Waals surface area contributed by atoms with Gasteiger partial charge in [0.15, 0.2) is 55.2 Å². The Labute approximate surface area is 646 Å². The molecule has 3 aliphatic rings. The van der Waals surface area contributed by atoms with Crippen molar-refractivity contribution < 1.29 is 127 Å². The summed E-state index contributed by atoms with van der Waals surface area (Å²) in [6, 6.07) is 62.9. The summed E-state index contributed by atoms with van der Waals surface area (Å²) >= 11 is 0. The number of fused-ring (bicyclic) bond motifs is 3. The Balaban J connectivity index is 0.931. The lowest BCUT2D eigenvalue weighted by Gasteiger charge is -2.47. The molecule has 0 saturated carbocycles. The second-order valence-electron chi connectivity index (χ2n) is 25.9. The Hall–Kier alpha value is -13.3. The predicted molar refractivity (Wildman–Crippen MR) is 388 cm³/mol. The van der Waals surface area contributed by atoms with E-state index in [9.17, 15) is 47.5 Å². The molecule has 1 N–H and O–H groups in total. The second-order valence-corrected chi connectivity index (χ2v) is 25.9. The number of amides is 1. The highest BCUT2D eigenvalue weighted by Crippen LogP contribution is 2.45. The van der Waals surface area contributed by atoms with Crippen molar-refractivity contribution in [3.05, 3.63) is 340 Å². The monoisotopic (exact) mass is 1560 g/mol. The predicted octanol–water partition coefficient (Wildman–Crippen LogP) is 13.3. The number of halogens is 5. The highest BCUT2D eigenvalue weighted by Gasteiger charge is 2.58. The Morgan fingerprint density at radius 1 is 0.342 bits per heavy atom. The van der Waals surface area contributed by atoms with E-state index < -0.39 is 188 Å². The van der Waals surface area contributed by atoms with Crippen molar-refractivity contribution in [2.75, 3.05) is 19.8 Å². The molecule has 1 aliphatic carbocycles. The molecule has 2 heterocycles. The zero-order valence-electron chi connectivity index (χ0n) is 59.8. The van der Waals surface area contributed by atoms with E-state index in [1.54, 1.807) is 91.0 Å². The summed E-state index contributed by atoms with van der Waals surface area (Å²) in [5.74, 6) is -25.6. The summed E-state index contributed by atoms with van der Waals surface area (Å²) < 4.78 is 157. The molecule has 2 fully saturated rings. The molecule has 2 saturated heterocycles. The summed E-state index contributed by atoms with van der Waals surface area (Å²) in [6.07, 6.45) is -25.0. The largest absolute Gasteiger partial charge is 0.459 e. The van der Waals surface area contributed by atoms with Crippen molar-refractivity contribution in [1.29, 1.82) is 0 Å². The summed E-state index contributed by atoms with van der Waals surface area (Å²) in [4.78, 5) is 132. The van der Waals surface area contributed by atoms with Crippen molar-refractivity contribution in [1.82, 2.24) is 5.32 Å². The first-order valence-electron chi connectivity index (χ1n) is 35.5. The number of alkyl carbamates (subject to hydrolysis) is 1. The number of carbonyl (C=O) groups is 9. The quantitative estimate of drug-likeness (QED) is 0.0132. The van der Waals surface area contributed by atoms with Crippen LogP contribution < -0.4 is 10.1 Å². The smallest absolute Gasteiger partial charge is 0.407 e. The lowest BCUT2D eigenvalue weighted by Crippen LogP contribution is -2.65. The normalized spacial score (nSPS) is 20.0. The topological polar surface area (TPSA) is 286 Å². The summed E-state index contributed by atoms with van der Waals surface area (Å²) in [5.41, 5.74) is 2.29. The first-order chi connectivity index (χ1) is 55.3. The molecule has 12 atom stereocenters. The van der Waals surface area contributed by atoms with Crippen LogP contribution in [0, 0.1) is 29.1 Å². The van der Waals surface area contributed by atoms with Gasteiger partial charge in [-0.25, -0.2) is 56.3 Å². The van der Waals surface area contributed by atoms with E-state index in [0.29, 0.717) is 11.1 Å². The van der Waals surface area contributed by atoms with Gasteiger partial charge in [0.25, 0.3) is 0 Å². The van der Waals surface area contributed by atoms with Gasteiger partial charge < -0.3 is 66.9 Å². The number of benzene rings is 10. The van der Waals surface area contributed by atoms with Gasteiger partial charge in [0.2, 0.25) is 34.8 Å². The van der Waals surface area contributed by atoms with Gasteiger partial charge in [-0.1, -0.05) is 176 Å². The van der Waals surface area contributed by atoms with Crippen molar-refractivity contribution in [3.8, 4) is 16.9 Å². The van der Waals surface area contributed by atoms with Crippen LogP contribution >= 0.6 is 0 Å². The molecule has 13 rings (SSSR count). The lowest BCUT2D eigenvalue weighted by atomic mass is 9.96. The van der Waals surface area contributed by atoms with Gasteiger partial charge in [0, 0.05) is 5.92 Å². The molecule has 0 spiro atoms. The van der Waals surface area contributed by atoms with Crippen LogP contribution in [0.15, 0.2) is 261 Å². The van der Waals surface area contributed by atoms with Gasteiger partial charge in [-0.15, -0.1) is 0 Å². The minimum absolute atomic E-state index is 0.0326. The number of hydrogen-bond acceptors (Lipinski definition) is 22. The fraction of sp³-hybridized carbons (Fsp3) is 0.198. The lowest BCUT2D eigenvalue weighted by molar-refractivity contribution is -0.332. The van der Waals surface area contributed by atoms with Crippen LogP contribution in [0.25, 0.3) is 11.1 Å². The molecular formula is C86H66F5NO22. The fourth-order valence-corrected chi connectivity index (χ4v) is 12.9. The third-order valence-electron chi connectivity index (χ3n) is 18.6. The molecule has 0 radical (unpaired) electrons. The number of esters is 8. The zero-order valence-corrected chi connectivity index (χ0v) is 59.8. The number of nitrogens with one attached hydrogen (secondary N) is 1.